The highest BCUT2D eigenvalue weighted by molar-refractivity contribution is 7.85. The van der Waals surface area contributed by atoms with Gasteiger partial charge in [-0.3, -0.25) is 4.55 Å². The minimum absolute atomic E-state index is 0.156. The summed E-state index contributed by atoms with van der Waals surface area (Å²) < 4.78 is 49.1. The number of benzene rings is 2. The van der Waals surface area contributed by atoms with Crippen molar-refractivity contribution in [3.8, 4) is 17.2 Å². The van der Waals surface area contributed by atoms with Crippen molar-refractivity contribution in [1.29, 1.82) is 0 Å². The van der Waals surface area contributed by atoms with Crippen LogP contribution in [0.15, 0.2) is 36.4 Å². The molecule has 5 rings (SSSR count). The molecule has 2 aliphatic rings. The Morgan fingerprint density at radius 3 is 2.22 bits per heavy atom. The number of carbonyl (C=O) groups excluding carboxylic acids is 2. The second kappa shape index (κ2) is 10.8. The lowest BCUT2D eigenvalue weighted by molar-refractivity contribution is -0.790. The van der Waals surface area contributed by atoms with E-state index >= 15 is 0 Å². The van der Waals surface area contributed by atoms with Crippen LogP contribution in [0.4, 0.5) is 11.8 Å². The number of likely N-dealkylation sites (tertiary alicyclic amines) is 1. The van der Waals surface area contributed by atoms with Crippen molar-refractivity contribution in [1.82, 2.24) is 9.97 Å². The number of nitrogens with zero attached hydrogens (tertiary/aromatic N) is 4. The van der Waals surface area contributed by atoms with E-state index in [0.29, 0.717) is 52.8 Å². The molecule has 2 aromatic carbocycles. The Balaban J connectivity index is 1.42. The van der Waals surface area contributed by atoms with Crippen molar-refractivity contribution in [3.63, 3.8) is 0 Å². The predicted molar refractivity (Wildman–Crippen MR) is 149 cm³/mol. The normalized spacial score (nSPS) is 21.9. The fourth-order valence-electron chi connectivity index (χ4n) is 5.92. The van der Waals surface area contributed by atoms with Gasteiger partial charge in [-0.25, -0.2) is 14.6 Å². The van der Waals surface area contributed by atoms with Crippen molar-refractivity contribution in [2.75, 3.05) is 50.9 Å². The summed E-state index contributed by atoms with van der Waals surface area (Å²) in [6.45, 7) is 0.671. The maximum Gasteiger partial charge on any atom is 0.330 e. The van der Waals surface area contributed by atoms with Gasteiger partial charge in [0.25, 0.3) is 0 Å². The maximum atomic E-state index is 13.9. The summed E-state index contributed by atoms with van der Waals surface area (Å²) in [6.07, 6.45) is 0.418. The number of nitrogens with two attached hydrogens (primary N) is 1. The zero-order valence-corrected chi connectivity index (χ0v) is 23.8. The van der Waals surface area contributed by atoms with Crippen molar-refractivity contribution in [2.45, 2.75) is 31.2 Å². The predicted octanol–water partition coefficient (Wildman–Crippen LogP) is 2.11. The minimum Gasteiger partial charge on any atom is -0.497 e. The first-order valence-corrected chi connectivity index (χ1v) is 14.6. The van der Waals surface area contributed by atoms with E-state index in [4.69, 9.17) is 19.9 Å². The van der Waals surface area contributed by atoms with E-state index in [1.165, 1.54) is 21.3 Å². The fraction of sp³-hybridized carbons (Fsp3) is 0.407. The van der Waals surface area contributed by atoms with Gasteiger partial charge in [0.05, 0.1) is 33.3 Å². The number of amides is 2. The summed E-state index contributed by atoms with van der Waals surface area (Å²) >= 11 is 0. The molecule has 41 heavy (non-hydrogen) atoms. The van der Waals surface area contributed by atoms with E-state index in [9.17, 15) is 22.6 Å². The molecule has 2 fully saturated rings. The smallest absolute Gasteiger partial charge is 0.330 e. The van der Waals surface area contributed by atoms with Crippen molar-refractivity contribution in [2.24, 2.45) is 0 Å². The summed E-state index contributed by atoms with van der Waals surface area (Å²) in [5, 5.41) is 0.594. The van der Waals surface area contributed by atoms with Crippen molar-refractivity contribution < 1.29 is 41.3 Å². The van der Waals surface area contributed by atoms with E-state index in [1.54, 1.807) is 36.4 Å². The standard InChI is InChI=1S/C27H31N5O8S/c1-38-18-6-4-16(5-7-18)19-13-24(33)32(26(19)34,15-41(35,36)37)17-8-10-31(11-9-17)27-29-21-14-23(40-3)22(39-2)12-20(21)25(28)30-27/h4-7,12,14,17,19H,8-11,13,15H2,1-3H3,(H2-,28,29,30,35,36,37)/p+1. The first-order chi connectivity index (χ1) is 19.5. The third-order valence-corrected chi connectivity index (χ3v) is 8.72. The molecule has 2 saturated heterocycles. The van der Waals surface area contributed by atoms with E-state index in [1.807, 2.05) is 4.90 Å². The number of imide groups is 1. The zero-order chi connectivity index (χ0) is 29.5. The number of hydrogen-bond donors (Lipinski definition) is 2. The first-order valence-electron chi connectivity index (χ1n) is 13.0. The van der Waals surface area contributed by atoms with Crippen LogP contribution in [0, 0.1) is 0 Å². The van der Waals surface area contributed by atoms with Gasteiger partial charge in [-0.05, 0) is 23.8 Å². The highest BCUT2D eigenvalue weighted by Gasteiger charge is 2.62. The van der Waals surface area contributed by atoms with Gasteiger partial charge in [0.2, 0.25) is 11.8 Å². The van der Waals surface area contributed by atoms with Gasteiger partial charge in [0, 0.05) is 37.4 Å². The summed E-state index contributed by atoms with van der Waals surface area (Å²) in [5.41, 5.74) is 7.39. The number of carbonyl (C=O) groups is 2. The Labute approximate surface area is 237 Å². The van der Waals surface area contributed by atoms with E-state index in [2.05, 4.69) is 9.97 Å². The third kappa shape index (κ3) is 5.13. The SMILES string of the molecule is COc1ccc(C2CC(=O)[N+](CS(=O)(=O)O)(C3CCN(c4nc(N)c5cc(OC)c(OC)cc5n4)CC3)C2=O)cc1. The van der Waals surface area contributed by atoms with Crippen LogP contribution in [0.1, 0.15) is 30.7 Å². The number of ether oxygens (including phenoxy) is 3. The lowest BCUT2D eigenvalue weighted by Crippen LogP contribution is -2.64. The average molecular weight is 587 g/mol. The molecule has 0 bridgehead atoms. The van der Waals surface area contributed by atoms with Crippen LogP contribution < -0.4 is 24.8 Å². The summed E-state index contributed by atoms with van der Waals surface area (Å²) in [4.78, 5) is 38.4. The van der Waals surface area contributed by atoms with Crippen molar-refractivity contribution >= 4 is 44.6 Å². The van der Waals surface area contributed by atoms with E-state index < -0.39 is 44.3 Å². The lowest BCUT2D eigenvalue weighted by atomic mass is 9.96. The lowest BCUT2D eigenvalue weighted by Gasteiger charge is -2.40. The monoisotopic (exact) mass is 586 g/mol. The molecule has 13 nitrogen and oxygen atoms in total. The van der Waals surface area contributed by atoms with Gasteiger partial charge in [0.1, 0.15) is 23.5 Å². The molecule has 218 valence electrons. The molecule has 3 heterocycles. The number of aromatic nitrogens is 2. The Hall–Kier alpha value is -4.01. The van der Waals surface area contributed by atoms with Gasteiger partial charge in [0.15, 0.2) is 11.5 Å². The van der Waals surface area contributed by atoms with Crippen LogP contribution in [-0.2, 0) is 19.7 Å². The van der Waals surface area contributed by atoms with Crippen LogP contribution >= 0.6 is 0 Å². The third-order valence-electron chi connectivity index (χ3n) is 7.99. The molecule has 1 aromatic heterocycles. The van der Waals surface area contributed by atoms with Gasteiger partial charge < -0.3 is 24.8 Å². The molecule has 2 aliphatic heterocycles. The van der Waals surface area contributed by atoms with Gasteiger partial charge in [-0.2, -0.15) is 17.9 Å². The molecule has 2 unspecified atom stereocenters. The summed E-state index contributed by atoms with van der Waals surface area (Å²) in [6, 6.07) is 9.50. The van der Waals surface area contributed by atoms with Crippen LogP contribution in [0.5, 0.6) is 17.2 Å². The molecule has 3 N–H and O–H groups in total. The van der Waals surface area contributed by atoms with Crippen LogP contribution in [-0.4, -0.2) is 85.6 Å². The van der Waals surface area contributed by atoms with E-state index in [0.717, 1.165) is 0 Å². The molecule has 0 radical (unpaired) electrons. The largest absolute Gasteiger partial charge is 0.497 e. The number of nitrogen functional groups attached to an aromatic ring is 1. The van der Waals surface area contributed by atoms with Crippen molar-refractivity contribution in [3.05, 3.63) is 42.0 Å². The quantitative estimate of drug-likeness (QED) is 0.224. The molecule has 0 saturated carbocycles. The topological polar surface area (TPSA) is 171 Å². The van der Waals surface area contributed by atoms with Crippen LogP contribution in [0.25, 0.3) is 10.9 Å². The molecule has 3 aromatic rings. The summed E-state index contributed by atoms with van der Waals surface area (Å²) in [7, 11) is -0.114. The summed E-state index contributed by atoms with van der Waals surface area (Å²) in [5.74, 6) is -0.728. The first kappa shape index (κ1) is 28.5. The zero-order valence-electron chi connectivity index (χ0n) is 22.9. The minimum atomic E-state index is -4.67. The average Bonchev–Trinajstić information content (AvgIpc) is 3.21. The Morgan fingerprint density at radius 2 is 1.63 bits per heavy atom. The fourth-order valence-corrected chi connectivity index (χ4v) is 6.92. The maximum absolute atomic E-state index is 13.9. The van der Waals surface area contributed by atoms with Gasteiger partial charge in [-0.15, -0.1) is 0 Å². The van der Waals surface area contributed by atoms with Crippen LogP contribution in [0.2, 0.25) is 0 Å². The molecule has 0 aliphatic carbocycles. The molecule has 2 atom stereocenters. The molecule has 0 spiro atoms. The Kier molecular flexibility index (Phi) is 7.48. The second-order valence-corrected chi connectivity index (χ2v) is 11.6. The highest BCUT2D eigenvalue weighted by Crippen LogP contribution is 2.41. The number of methoxy groups -OCH3 is 3. The number of hydrogen-bond acceptors (Lipinski definition) is 11. The molecular formula is C27H32N5O8S+. The number of quaternary nitrogens is 1. The second-order valence-electron chi connectivity index (χ2n) is 10.2. The van der Waals surface area contributed by atoms with Crippen LogP contribution in [0.3, 0.4) is 0 Å². The van der Waals surface area contributed by atoms with Gasteiger partial charge in [-0.1, -0.05) is 12.1 Å². The number of rotatable bonds is 8. The van der Waals surface area contributed by atoms with E-state index in [-0.39, 0.29) is 25.1 Å². The Bertz CT molecular complexity index is 1610. The molecule has 2 amide bonds. The Morgan fingerprint density at radius 1 is 1.00 bits per heavy atom. The molecule has 14 heteroatoms. The number of piperidine rings is 1. The molecular weight excluding hydrogens is 554 g/mol. The highest BCUT2D eigenvalue weighted by atomic mass is 32.2. The number of fused-ring (bicyclic) bond motifs is 1. The number of anilines is 2. The van der Waals surface area contributed by atoms with Gasteiger partial charge >= 0.3 is 21.9 Å².